The minimum absolute atomic E-state index is 0.157. The number of rotatable bonds is 4. The summed E-state index contributed by atoms with van der Waals surface area (Å²) >= 11 is 0. The Balaban J connectivity index is 1.92. The molecule has 1 saturated heterocycles. The van der Waals surface area contributed by atoms with E-state index in [9.17, 15) is 13.2 Å². The highest BCUT2D eigenvalue weighted by atomic mass is 32.2. The van der Waals surface area contributed by atoms with Gasteiger partial charge in [0.1, 0.15) is 0 Å². The first-order valence-corrected chi connectivity index (χ1v) is 9.20. The molecule has 1 aliphatic heterocycles. The lowest BCUT2D eigenvalue weighted by molar-refractivity contribution is 0.0600. The SMILES string of the molecule is COC(=O)c1ccc(S(=O)(=O)N2CCC[C@@H]2c2cccn2C)cc1. The van der Waals surface area contributed by atoms with Crippen LogP contribution in [0, 0.1) is 0 Å². The molecule has 7 heteroatoms. The van der Waals surface area contributed by atoms with Crippen LogP contribution in [-0.4, -0.2) is 36.9 Å². The maximum Gasteiger partial charge on any atom is 0.337 e. The van der Waals surface area contributed by atoms with E-state index in [0.29, 0.717) is 12.1 Å². The van der Waals surface area contributed by atoms with Crippen molar-refractivity contribution in [1.29, 1.82) is 0 Å². The summed E-state index contributed by atoms with van der Waals surface area (Å²) in [5, 5.41) is 0. The van der Waals surface area contributed by atoms with Gasteiger partial charge in [-0.3, -0.25) is 0 Å². The van der Waals surface area contributed by atoms with Crippen molar-refractivity contribution in [3.8, 4) is 0 Å². The van der Waals surface area contributed by atoms with Crippen molar-refractivity contribution in [2.75, 3.05) is 13.7 Å². The van der Waals surface area contributed by atoms with Crippen molar-refractivity contribution in [2.45, 2.75) is 23.8 Å². The predicted molar refractivity (Wildman–Crippen MR) is 89.1 cm³/mol. The Kier molecular flexibility index (Phi) is 4.47. The fraction of sp³-hybridized carbons (Fsp3) is 0.353. The number of ether oxygens (including phenoxy) is 1. The van der Waals surface area contributed by atoms with E-state index in [1.165, 1.54) is 31.4 Å². The second-order valence-electron chi connectivity index (χ2n) is 5.83. The molecule has 1 fully saturated rings. The molecular weight excluding hydrogens is 328 g/mol. The highest BCUT2D eigenvalue weighted by Gasteiger charge is 2.37. The molecule has 0 radical (unpaired) electrons. The van der Waals surface area contributed by atoms with Crippen molar-refractivity contribution >= 4 is 16.0 Å². The Hall–Kier alpha value is -2.12. The third kappa shape index (κ3) is 2.85. The quantitative estimate of drug-likeness (QED) is 0.795. The van der Waals surface area contributed by atoms with Gasteiger partial charge in [0.25, 0.3) is 0 Å². The zero-order valence-corrected chi connectivity index (χ0v) is 14.5. The lowest BCUT2D eigenvalue weighted by Gasteiger charge is -2.24. The molecular formula is C17H20N2O4S. The molecule has 2 heterocycles. The molecule has 3 rings (SSSR count). The maximum atomic E-state index is 13.0. The highest BCUT2D eigenvalue weighted by molar-refractivity contribution is 7.89. The second-order valence-corrected chi connectivity index (χ2v) is 7.72. The van der Waals surface area contributed by atoms with Crippen molar-refractivity contribution in [2.24, 2.45) is 7.05 Å². The Morgan fingerprint density at radius 3 is 2.50 bits per heavy atom. The maximum absolute atomic E-state index is 13.0. The van der Waals surface area contributed by atoms with Gasteiger partial charge in [-0.2, -0.15) is 4.31 Å². The average molecular weight is 348 g/mol. The van der Waals surface area contributed by atoms with Crippen LogP contribution in [0.5, 0.6) is 0 Å². The van der Waals surface area contributed by atoms with E-state index in [1.807, 2.05) is 29.9 Å². The van der Waals surface area contributed by atoms with Gasteiger partial charge in [0.2, 0.25) is 10.0 Å². The van der Waals surface area contributed by atoms with E-state index in [-0.39, 0.29) is 10.9 Å². The summed E-state index contributed by atoms with van der Waals surface area (Å²) in [7, 11) is -0.398. The summed E-state index contributed by atoms with van der Waals surface area (Å²) in [6, 6.07) is 9.60. The molecule has 1 aromatic carbocycles. The Labute approximate surface area is 141 Å². The molecule has 0 spiro atoms. The molecule has 1 atom stereocenters. The van der Waals surface area contributed by atoms with E-state index in [2.05, 4.69) is 4.74 Å². The largest absolute Gasteiger partial charge is 0.465 e. The third-order valence-electron chi connectivity index (χ3n) is 4.41. The Bertz CT molecular complexity index is 840. The number of hydrogen-bond donors (Lipinski definition) is 0. The minimum Gasteiger partial charge on any atom is -0.465 e. The standard InChI is InChI=1S/C17H20N2O4S/c1-18-11-3-5-15(18)16-6-4-12-19(16)24(21,22)14-9-7-13(8-10-14)17(20)23-2/h3,5,7-11,16H,4,6,12H2,1-2H3/t16-/m1/s1. The zero-order valence-electron chi connectivity index (χ0n) is 13.7. The molecule has 0 bridgehead atoms. The summed E-state index contributed by atoms with van der Waals surface area (Å²) in [5.41, 5.74) is 1.32. The van der Waals surface area contributed by atoms with E-state index in [0.717, 1.165) is 18.5 Å². The first-order chi connectivity index (χ1) is 11.4. The van der Waals surface area contributed by atoms with Crippen LogP contribution in [0.25, 0.3) is 0 Å². The van der Waals surface area contributed by atoms with Gasteiger partial charge < -0.3 is 9.30 Å². The number of hydrogen-bond acceptors (Lipinski definition) is 4. The van der Waals surface area contributed by atoms with Crippen molar-refractivity contribution in [1.82, 2.24) is 8.87 Å². The molecule has 0 unspecified atom stereocenters. The molecule has 0 saturated carbocycles. The minimum atomic E-state index is -3.61. The summed E-state index contributed by atoms with van der Waals surface area (Å²) in [4.78, 5) is 11.7. The topological polar surface area (TPSA) is 68.6 Å². The van der Waals surface area contributed by atoms with Gasteiger partial charge in [-0.1, -0.05) is 0 Å². The molecule has 1 aromatic heterocycles. The summed E-state index contributed by atoms with van der Waals surface area (Å²) in [6.45, 7) is 0.497. The van der Waals surface area contributed by atoms with Gasteiger partial charge in [0.15, 0.2) is 0 Å². The fourth-order valence-corrected chi connectivity index (χ4v) is 4.83. The van der Waals surface area contributed by atoms with Gasteiger partial charge in [0, 0.05) is 25.5 Å². The molecule has 128 valence electrons. The van der Waals surface area contributed by atoms with Gasteiger partial charge in [-0.05, 0) is 49.2 Å². The molecule has 0 N–H and O–H groups in total. The number of benzene rings is 1. The van der Waals surface area contributed by atoms with Gasteiger partial charge in [-0.25, -0.2) is 13.2 Å². The van der Waals surface area contributed by atoms with Crippen molar-refractivity contribution in [3.05, 3.63) is 53.9 Å². The Morgan fingerprint density at radius 2 is 1.92 bits per heavy atom. The van der Waals surface area contributed by atoms with Crippen molar-refractivity contribution in [3.63, 3.8) is 0 Å². The molecule has 1 aliphatic rings. The fourth-order valence-electron chi connectivity index (χ4n) is 3.16. The lowest BCUT2D eigenvalue weighted by Crippen LogP contribution is -2.31. The van der Waals surface area contributed by atoms with Crippen LogP contribution in [0.15, 0.2) is 47.5 Å². The van der Waals surface area contributed by atoms with Crippen LogP contribution in [0.4, 0.5) is 0 Å². The monoisotopic (exact) mass is 348 g/mol. The van der Waals surface area contributed by atoms with Crippen LogP contribution in [0.3, 0.4) is 0 Å². The smallest absolute Gasteiger partial charge is 0.337 e. The average Bonchev–Trinajstić information content (AvgIpc) is 3.22. The third-order valence-corrected chi connectivity index (χ3v) is 6.33. The number of sulfonamides is 1. The van der Waals surface area contributed by atoms with Gasteiger partial charge >= 0.3 is 5.97 Å². The number of esters is 1. The molecule has 0 amide bonds. The first-order valence-electron chi connectivity index (χ1n) is 7.76. The number of carbonyl (C=O) groups is 1. The number of aromatic nitrogens is 1. The lowest BCUT2D eigenvalue weighted by atomic mass is 10.1. The number of nitrogens with zero attached hydrogens (tertiary/aromatic N) is 2. The van der Waals surface area contributed by atoms with Crippen LogP contribution < -0.4 is 0 Å². The van der Waals surface area contributed by atoms with Gasteiger partial charge in [-0.15, -0.1) is 0 Å². The molecule has 2 aromatic rings. The van der Waals surface area contributed by atoms with Crippen LogP contribution in [0.2, 0.25) is 0 Å². The van der Waals surface area contributed by atoms with Crippen LogP contribution >= 0.6 is 0 Å². The van der Waals surface area contributed by atoms with Gasteiger partial charge in [0.05, 0.1) is 23.6 Å². The first kappa shape index (κ1) is 16.7. The number of methoxy groups -OCH3 is 1. The van der Waals surface area contributed by atoms with Crippen LogP contribution in [-0.2, 0) is 21.8 Å². The zero-order chi connectivity index (χ0) is 17.3. The van der Waals surface area contributed by atoms with E-state index in [1.54, 1.807) is 4.31 Å². The molecule has 0 aliphatic carbocycles. The summed E-state index contributed by atoms with van der Waals surface area (Å²) < 4.78 is 34.2. The summed E-state index contributed by atoms with van der Waals surface area (Å²) in [6.07, 6.45) is 3.55. The number of carbonyl (C=O) groups excluding carboxylic acids is 1. The Morgan fingerprint density at radius 1 is 1.21 bits per heavy atom. The van der Waals surface area contributed by atoms with Crippen molar-refractivity contribution < 1.29 is 17.9 Å². The molecule has 24 heavy (non-hydrogen) atoms. The van der Waals surface area contributed by atoms with Crippen LogP contribution in [0.1, 0.15) is 34.9 Å². The van der Waals surface area contributed by atoms with E-state index in [4.69, 9.17) is 0 Å². The highest BCUT2D eigenvalue weighted by Crippen LogP contribution is 2.36. The second kappa shape index (κ2) is 6.41. The van der Waals surface area contributed by atoms with E-state index < -0.39 is 16.0 Å². The predicted octanol–water partition coefficient (Wildman–Crippen LogP) is 2.34. The normalized spacial score (nSPS) is 18.7. The number of aryl methyl sites for hydroxylation is 1. The molecule has 6 nitrogen and oxygen atoms in total. The van der Waals surface area contributed by atoms with E-state index >= 15 is 0 Å². The summed E-state index contributed by atoms with van der Waals surface area (Å²) in [5.74, 6) is -0.484.